The lowest BCUT2D eigenvalue weighted by Crippen LogP contribution is -2.06. The zero-order valence-electron chi connectivity index (χ0n) is 34.5. The first-order valence-electron chi connectivity index (χ1n) is 21.5. The second-order valence-corrected chi connectivity index (χ2v) is 19.3. The van der Waals surface area contributed by atoms with E-state index in [-0.39, 0.29) is 0 Å². The summed E-state index contributed by atoms with van der Waals surface area (Å²) >= 11 is 0. The minimum atomic E-state index is -2.08. The molecule has 0 amide bonds. The first-order chi connectivity index (χ1) is 31.8. The van der Waals surface area contributed by atoms with E-state index < -0.39 is 10.0 Å². The van der Waals surface area contributed by atoms with Crippen LogP contribution in [0.15, 0.2) is 251 Å². The predicted molar refractivity (Wildman–Crippen MR) is 263 cm³/mol. The lowest BCUT2D eigenvalue weighted by Gasteiger charge is -2.42. The first kappa shape index (κ1) is 36.4. The van der Waals surface area contributed by atoms with E-state index in [1.165, 1.54) is 35.7 Å². The molecule has 0 aliphatic carbocycles. The van der Waals surface area contributed by atoms with Gasteiger partial charge in [-0.15, -0.1) is 10.0 Å². The van der Waals surface area contributed by atoms with E-state index in [0.29, 0.717) is 0 Å². The van der Waals surface area contributed by atoms with E-state index in [0.717, 1.165) is 66.3 Å². The molecule has 0 saturated carbocycles. The molecule has 13 rings (SSSR count). The van der Waals surface area contributed by atoms with Crippen molar-refractivity contribution >= 4 is 75.4 Å². The van der Waals surface area contributed by atoms with Gasteiger partial charge in [-0.25, -0.2) is 0 Å². The van der Waals surface area contributed by atoms with Crippen molar-refractivity contribution in [1.82, 2.24) is 28.7 Å². The summed E-state index contributed by atoms with van der Waals surface area (Å²) in [5.74, 6) is 0. The Kier molecular flexibility index (Phi) is 8.20. The van der Waals surface area contributed by atoms with Gasteiger partial charge in [-0.3, -0.25) is 15.0 Å². The van der Waals surface area contributed by atoms with Crippen molar-refractivity contribution < 1.29 is 0 Å². The number of hydrogen-bond donors (Lipinski definition) is 0. The second kappa shape index (κ2) is 14.4. The molecule has 7 heteroatoms. The SMILES string of the molecule is c1ccc(S(c2ccc(-n3c4ccccc4c4cnccc43)cc2)(c2ccc(-n3c4ccccc4c4cnccc43)cc2)c2ccc(-n3c4ccccc4c4cnccc43)cc2)cc1. The number of aromatic nitrogens is 6. The normalized spacial score (nSPS) is 12.3. The van der Waals surface area contributed by atoms with Gasteiger partial charge >= 0.3 is 0 Å². The summed E-state index contributed by atoms with van der Waals surface area (Å²) in [6.45, 7) is 0. The number of para-hydroxylation sites is 3. The van der Waals surface area contributed by atoms with Crippen LogP contribution in [0.2, 0.25) is 0 Å². The van der Waals surface area contributed by atoms with Crippen LogP contribution in [0.25, 0.3) is 82.5 Å². The molecule has 302 valence electrons. The van der Waals surface area contributed by atoms with E-state index in [2.05, 4.69) is 223 Å². The maximum atomic E-state index is 4.50. The summed E-state index contributed by atoms with van der Waals surface area (Å²) in [6.07, 6.45) is 11.6. The number of benzene rings is 7. The molecule has 0 atom stereocenters. The van der Waals surface area contributed by atoms with E-state index in [4.69, 9.17) is 0 Å². The number of hydrogen-bond acceptors (Lipinski definition) is 3. The highest BCUT2D eigenvalue weighted by Gasteiger charge is 2.34. The van der Waals surface area contributed by atoms with Crippen molar-refractivity contribution in [2.75, 3.05) is 0 Å². The van der Waals surface area contributed by atoms with Gasteiger partial charge in [0.2, 0.25) is 0 Å². The summed E-state index contributed by atoms with van der Waals surface area (Å²) < 4.78 is 7.09. The van der Waals surface area contributed by atoms with Crippen LogP contribution in [-0.4, -0.2) is 28.7 Å². The van der Waals surface area contributed by atoms with Gasteiger partial charge in [0.05, 0.1) is 33.1 Å². The molecule has 0 unspecified atom stereocenters. The Morgan fingerprint density at radius 1 is 0.250 bits per heavy atom. The third kappa shape index (κ3) is 5.31. The van der Waals surface area contributed by atoms with Crippen LogP contribution >= 0.6 is 10.0 Å². The fourth-order valence-electron chi connectivity index (χ4n) is 10.1. The Hall–Kier alpha value is -8.26. The molecule has 13 aromatic rings. The van der Waals surface area contributed by atoms with Crippen LogP contribution in [0.1, 0.15) is 0 Å². The average molecular weight is 839 g/mol. The van der Waals surface area contributed by atoms with Crippen molar-refractivity contribution in [1.29, 1.82) is 0 Å². The molecule has 0 saturated heterocycles. The van der Waals surface area contributed by atoms with Gasteiger partial charge in [-0.05, 0) is 121 Å². The van der Waals surface area contributed by atoms with Crippen LogP contribution in [0.3, 0.4) is 0 Å². The predicted octanol–water partition coefficient (Wildman–Crippen LogP) is 14.5. The van der Waals surface area contributed by atoms with Crippen LogP contribution in [0.5, 0.6) is 0 Å². The molecule has 6 nitrogen and oxygen atoms in total. The van der Waals surface area contributed by atoms with E-state index in [1.54, 1.807) is 0 Å². The molecular formula is C57H38N6S. The molecule has 0 spiro atoms. The van der Waals surface area contributed by atoms with Crippen LogP contribution in [0.4, 0.5) is 0 Å². The maximum absolute atomic E-state index is 4.50. The lowest BCUT2D eigenvalue weighted by molar-refractivity contribution is 1.14. The van der Waals surface area contributed by atoms with Gasteiger partial charge in [0.15, 0.2) is 0 Å². The second-order valence-electron chi connectivity index (χ2n) is 16.1. The molecule has 0 N–H and O–H groups in total. The van der Waals surface area contributed by atoms with E-state index in [9.17, 15) is 0 Å². The minimum Gasteiger partial charge on any atom is -0.309 e. The molecule has 0 aliphatic rings. The number of rotatable bonds is 7. The number of nitrogens with zero attached hydrogens (tertiary/aromatic N) is 6. The quantitative estimate of drug-likeness (QED) is 0.161. The molecule has 6 heterocycles. The smallest absolute Gasteiger partial charge is 0.0571 e. The van der Waals surface area contributed by atoms with Gasteiger partial charge in [0, 0.05) is 106 Å². The fourth-order valence-corrected chi connectivity index (χ4v) is 14.0. The molecule has 6 aromatic heterocycles. The zero-order chi connectivity index (χ0) is 42.2. The van der Waals surface area contributed by atoms with Gasteiger partial charge in [-0.2, -0.15) is 0 Å². The molecule has 0 aliphatic heterocycles. The number of pyridine rings is 3. The van der Waals surface area contributed by atoms with Crippen molar-refractivity contribution in [3.05, 3.63) is 231 Å². The standard InChI is InChI=1S/C57H38N6S/c1-2-10-42(11-3-1)64(43-24-18-39(19-25-43)61-52-15-7-4-12-46(52)49-36-58-33-30-55(49)61,44-26-20-40(21-27-44)62-53-16-8-5-13-47(53)50-37-59-34-31-56(50)62)45-28-22-41(23-29-45)63-54-17-9-6-14-48(54)51-38-60-35-32-57(51)63/h1-38H. The summed E-state index contributed by atoms with van der Waals surface area (Å²) in [4.78, 5) is 18.5. The van der Waals surface area contributed by atoms with Gasteiger partial charge in [0.1, 0.15) is 0 Å². The average Bonchev–Trinajstić information content (AvgIpc) is 4.01. The highest BCUT2D eigenvalue weighted by Crippen LogP contribution is 2.73. The minimum absolute atomic E-state index is 1.11. The Balaban J connectivity index is 1.04. The van der Waals surface area contributed by atoms with Crippen molar-refractivity contribution in [3.63, 3.8) is 0 Å². The third-order valence-corrected chi connectivity index (χ3v) is 16.8. The van der Waals surface area contributed by atoms with Gasteiger partial charge in [-0.1, -0.05) is 72.8 Å². The summed E-state index contributed by atoms with van der Waals surface area (Å²) in [5, 5.41) is 7.01. The summed E-state index contributed by atoms with van der Waals surface area (Å²) in [7, 11) is -2.08. The van der Waals surface area contributed by atoms with E-state index >= 15 is 0 Å². The number of fused-ring (bicyclic) bond motifs is 9. The molecule has 64 heavy (non-hydrogen) atoms. The monoisotopic (exact) mass is 838 g/mol. The molecule has 0 fully saturated rings. The molecule has 7 aromatic carbocycles. The lowest BCUT2D eigenvalue weighted by atomic mass is 10.2. The molecule has 0 bridgehead atoms. The van der Waals surface area contributed by atoms with Crippen molar-refractivity contribution in [2.45, 2.75) is 19.6 Å². The first-order valence-corrected chi connectivity index (χ1v) is 23.1. The van der Waals surface area contributed by atoms with Gasteiger partial charge in [0.25, 0.3) is 0 Å². The fraction of sp³-hybridized carbons (Fsp3) is 0. The van der Waals surface area contributed by atoms with E-state index in [1.807, 2.05) is 37.2 Å². The van der Waals surface area contributed by atoms with Crippen LogP contribution in [-0.2, 0) is 0 Å². The van der Waals surface area contributed by atoms with Crippen LogP contribution in [0, 0.1) is 0 Å². The topological polar surface area (TPSA) is 53.5 Å². The third-order valence-electron chi connectivity index (χ3n) is 12.9. The van der Waals surface area contributed by atoms with Crippen molar-refractivity contribution in [3.8, 4) is 17.1 Å². The summed E-state index contributed by atoms with van der Waals surface area (Å²) in [6, 6.07) is 71.3. The Morgan fingerprint density at radius 2 is 0.531 bits per heavy atom. The molecule has 0 radical (unpaired) electrons. The molecular weight excluding hydrogens is 801 g/mol. The summed E-state index contributed by atoms with van der Waals surface area (Å²) in [5.41, 5.74) is 10.2. The zero-order valence-corrected chi connectivity index (χ0v) is 35.3. The Bertz CT molecular complexity index is 3350. The Labute approximate surface area is 370 Å². The van der Waals surface area contributed by atoms with Crippen LogP contribution < -0.4 is 0 Å². The van der Waals surface area contributed by atoms with Gasteiger partial charge < -0.3 is 13.7 Å². The Morgan fingerprint density at radius 3 is 0.875 bits per heavy atom. The highest BCUT2D eigenvalue weighted by atomic mass is 32.3. The maximum Gasteiger partial charge on any atom is 0.0571 e. The highest BCUT2D eigenvalue weighted by molar-refractivity contribution is 8.34. The largest absolute Gasteiger partial charge is 0.309 e. The van der Waals surface area contributed by atoms with Crippen molar-refractivity contribution in [2.24, 2.45) is 0 Å².